The summed E-state index contributed by atoms with van der Waals surface area (Å²) < 4.78 is 44.8. The van der Waals surface area contributed by atoms with Crippen LogP contribution in [0, 0.1) is 0 Å². The predicted molar refractivity (Wildman–Crippen MR) is 110 cm³/mol. The molecule has 158 valence electrons. The number of fused-ring (bicyclic) bond motifs is 2. The predicted octanol–water partition coefficient (Wildman–Crippen LogP) is 2.33. The first-order valence-electron chi connectivity index (χ1n) is 10.00. The zero-order valence-corrected chi connectivity index (χ0v) is 17.1. The second kappa shape index (κ2) is 7.48. The molecule has 8 nitrogen and oxygen atoms in total. The van der Waals surface area contributed by atoms with Crippen molar-refractivity contribution < 1.29 is 27.4 Å². The number of amides is 1. The lowest BCUT2D eigenvalue weighted by atomic mass is 10.1. The van der Waals surface area contributed by atoms with Crippen LogP contribution in [0.4, 0.5) is 11.4 Å². The standard InChI is InChI=1S/C21H22N2O6S/c24-21(19-2-1-9-27-19)23-8-7-14-12-15(3-5-17(14)23)22-30(25,26)16-4-6-18-20(13-16)29-11-10-28-18/h3-6,12-13,19,22H,1-2,7-11H2. The Hall–Kier alpha value is -2.78. The fraction of sp³-hybridized carbons (Fsp3) is 0.381. The first kappa shape index (κ1) is 19.2. The highest BCUT2D eigenvalue weighted by atomic mass is 32.2. The number of nitrogens with zero attached hydrogens (tertiary/aromatic N) is 1. The molecule has 0 saturated carbocycles. The molecule has 0 aromatic heterocycles. The summed E-state index contributed by atoms with van der Waals surface area (Å²) in [7, 11) is -3.79. The number of sulfonamides is 1. The average Bonchev–Trinajstić information content (AvgIpc) is 3.42. The van der Waals surface area contributed by atoms with Crippen LogP contribution in [-0.2, 0) is 26.0 Å². The van der Waals surface area contributed by atoms with E-state index in [9.17, 15) is 13.2 Å². The Balaban J connectivity index is 1.35. The number of carbonyl (C=O) groups excluding carboxylic acids is 1. The summed E-state index contributed by atoms with van der Waals surface area (Å²) in [5.74, 6) is 0.936. The van der Waals surface area contributed by atoms with Crippen LogP contribution in [0.2, 0.25) is 0 Å². The van der Waals surface area contributed by atoms with E-state index in [-0.39, 0.29) is 16.9 Å². The largest absolute Gasteiger partial charge is 0.486 e. The van der Waals surface area contributed by atoms with E-state index in [4.69, 9.17) is 14.2 Å². The van der Waals surface area contributed by atoms with Gasteiger partial charge in [-0.1, -0.05) is 0 Å². The zero-order chi connectivity index (χ0) is 20.7. The molecule has 0 spiro atoms. The Morgan fingerprint density at radius 1 is 1.03 bits per heavy atom. The van der Waals surface area contributed by atoms with Crippen LogP contribution in [0.25, 0.3) is 0 Å². The van der Waals surface area contributed by atoms with Crippen molar-refractivity contribution in [3.8, 4) is 11.5 Å². The van der Waals surface area contributed by atoms with Gasteiger partial charge in [-0.25, -0.2) is 8.42 Å². The Bertz CT molecular complexity index is 1090. The maximum Gasteiger partial charge on any atom is 0.262 e. The van der Waals surface area contributed by atoms with Crippen LogP contribution < -0.4 is 19.1 Å². The smallest absolute Gasteiger partial charge is 0.262 e. The van der Waals surface area contributed by atoms with Gasteiger partial charge in [0.25, 0.3) is 15.9 Å². The molecule has 1 amide bonds. The average molecular weight is 430 g/mol. The van der Waals surface area contributed by atoms with Gasteiger partial charge in [0, 0.05) is 30.6 Å². The number of benzene rings is 2. The molecule has 1 unspecified atom stereocenters. The molecule has 1 atom stereocenters. The number of hydrogen-bond donors (Lipinski definition) is 1. The highest BCUT2D eigenvalue weighted by Gasteiger charge is 2.33. The number of ether oxygens (including phenoxy) is 3. The maximum absolute atomic E-state index is 12.8. The van der Waals surface area contributed by atoms with E-state index in [0.29, 0.717) is 50.0 Å². The molecule has 1 N–H and O–H groups in total. The van der Waals surface area contributed by atoms with Crippen molar-refractivity contribution in [1.29, 1.82) is 0 Å². The molecule has 2 aromatic rings. The molecular formula is C21H22N2O6S. The lowest BCUT2D eigenvalue weighted by molar-refractivity contribution is -0.127. The summed E-state index contributed by atoms with van der Waals surface area (Å²) in [5, 5.41) is 0. The first-order valence-corrected chi connectivity index (χ1v) is 11.5. The van der Waals surface area contributed by atoms with E-state index in [2.05, 4.69) is 4.72 Å². The quantitative estimate of drug-likeness (QED) is 0.800. The minimum absolute atomic E-state index is 0.0177. The van der Waals surface area contributed by atoms with Gasteiger partial charge in [0.05, 0.1) is 4.90 Å². The lowest BCUT2D eigenvalue weighted by Crippen LogP contribution is -2.37. The summed E-state index contributed by atoms with van der Waals surface area (Å²) in [5.41, 5.74) is 2.21. The van der Waals surface area contributed by atoms with Crippen molar-refractivity contribution in [2.24, 2.45) is 0 Å². The lowest BCUT2D eigenvalue weighted by Gasteiger charge is -2.21. The van der Waals surface area contributed by atoms with Gasteiger partial charge < -0.3 is 19.1 Å². The number of rotatable bonds is 4. The van der Waals surface area contributed by atoms with Gasteiger partial charge in [-0.15, -0.1) is 0 Å². The van der Waals surface area contributed by atoms with E-state index in [0.717, 1.165) is 24.1 Å². The monoisotopic (exact) mass is 430 g/mol. The van der Waals surface area contributed by atoms with Crippen molar-refractivity contribution in [2.75, 3.05) is 36.0 Å². The van der Waals surface area contributed by atoms with E-state index in [1.807, 2.05) is 0 Å². The zero-order valence-electron chi connectivity index (χ0n) is 16.3. The second-order valence-electron chi connectivity index (χ2n) is 7.50. The van der Waals surface area contributed by atoms with Gasteiger partial charge in [0.2, 0.25) is 0 Å². The Labute approximate surface area is 174 Å². The molecule has 3 heterocycles. The molecule has 3 aliphatic rings. The second-order valence-corrected chi connectivity index (χ2v) is 9.18. The van der Waals surface area contributed by atoms with E-state index in [1.165, 1.54) is 12.1 Å². The Morgan fingerprint density at radius 2 is 1.87 bits per heavy atom. The van der Waals surface area contributed by atoms with Crippen LogP contribution in [0.5, 0.6) is 11.5 Å². The molecule has 1 fully saturated rings. The van der Waals surface area contributed by atoms with Crippen LogP contribution in [-0.4, -0.2) is 46.8 Å². The van der Waals surface area contributed by atoms with E-state index in [1.54, 1.807) is 29.2 Å². The first-order chi connectivity index (χ1) is 14.5. The van der Waals surface area contributed by atoms with Gasteiger partial charge in [0.15, 0.2) is 11.5 Å². The third-order valence-electron chi connectivity index (χ3n) is 5.52. The summed E-state index contributed by atoms with van der Waals surface area (Å²) in [6.07, 6.45) is 1.95. The van der Waals surface area contributed by atoms with Crippen molar-refractivity contribution in [3.05, 3.63) is 42.0 Å². The van der Waals surface area contributed by atoms with Gasteiger partial charge in [0.1, 0.15) is 19.3 Å². The van der Waals surface area contributed by atoms with Crippen molar-refractivity contribution >= 4 is 27.3 Å². The topological polar surface area (TPSA) is 94.2 Å². The number of nitrogens with one attached hydrogen (secondary N) is 1. The molecule has 30 heavy (non-hydrogen) atoms. The molecule has 9 heteroatoms. The van der Waals surface area contributed by atoms with Gasteiger partial charge in [-0.3, -0.25) is 9.52 Å². The van der Waals surface area contributed by atoms with Gasteiger partial charge >= 0.3 is 0 Å². The summed E-state index contributed by atoms with van der Waals surface area (Å²) in [4.78, 5) is 14.5. The third kappa shape index (κ3) is 3.48. The third-order valence-corrected chi connectivity index (χ3v) is 6.90. The number of hydrogen-bond acceptors (Lipinski definition) is 6. The van der Waals surface area contributed by atoms with Crippen LogP contribution in [0.1, 0.15) is 18.4 Å². The molecule has 0 radical (unpaired) electrons. The number of carbonyl (C=O) groups is 1. The van der Waals surface area contributed by atoms with Crippen molar-refractivity contribution in [3.63, 3.8) is 0 Å². The Kier molecular flexibility index (Phi) is 4.79. The molecular weight excluding hydrogens is 408 g/mol. The molecule has 0 bridgehead atoms. The fourth-order valence-electron chi connectivity index (χ4n) is 4.05. The molecule has 0 aliphatic carbocycles. The normalized spacial score (nSPS) is 20.1. The number of anilines is 2. The highest BCUT2D eigenvalue weighted by Crippen LogP contribution is 2.35. The maximum atomic E-state index is 12.8. The van der Waals surface area contributed by atoms with Gasteiger partial charge in [-0.05, 0) is 55.2 Å². The summed E-state index contributed by atoms with van der Waals surface area (Å²) in [6, 6.07) is 9.80. The summed E-state index contributed by atoms with van der Waals surface area (Å²) >= 11 is 0. The van der Waals surface area contributed by atoms with Gasteiger partial charge in [-0.2, -0.15) is 0 Å². The van der Waals surface area contributed by atoms with Crippen molar-refractivity contribution in [2.45, 2.75) is 30.3 Å². The van der Waals surface area contributed by atoms with Crippen LogP contribution >= 0.6 is 0 Å². The molecule has 2 aromatic carbocycles. The van der Waals surface area contributed by atoms with Crippen LogP contribution in [0.3, 0.4) is 0 Å². The minimum Gasteiger partial charge on any atom is -0.486 e. The molecule has 3 aliphatic heterocycles. The van der Waals surface area contributed by atoms with E-state index >= 15 is 0 Å². The summed E-state index contributed by atoms with van der Waals surface area (Å²) in [6.45, 7) is 2.03. The fourth-order valence-corrected chi connectivity index (χ4v) is 5.11. The molecule has 5 rings (SSSR count). The van der Waals surface area contributed by atoms with E-state index < -0.39 is 10.0 Å². The molecule has 1 saturated heterocycles. The minimum atomic E-state index is -3.79. The van der Waals surface area contributed by atoms with Crippen molar-refractivity contribution in [1.82, 2.24) is 0 Å². The SMILES string of the molecule is O=C(C1CCCO1)N1CCc2cc(NS(=O)(=O)c3ccc4c(c3)OCCO4)ccc21. The van der Waals surface area contributed by atoms with Crippen LogP contribution in [0.15, 0.2) is 41.3 Å². The highest BCUT2D eigenvalue weighted by molar-refractivity contribution is 7.92. The Morgan fingerprint density at radius 3 is 2.67 bits per heavy atom.